The average Bonchev–Trinajstić information content (AvgIpc) is 2.09. The number of rotatable bonds is 8. The summed E-state index contributed by atoms with van der Waals surface area (Å²) >= 11 is 0. The largest absolute Gasteiger partial charge is 0.361 e. The highest BCUT2D eigenvalue weighted by Crippen LogP contribution is 2.13. The Kier molecular flexibility index (Phi) is 8.46. The molecule has 0 spiro atoms. The Morgan fingerprint density at radius 3 is 1.85 bits per heavy atom. The van der Waals surface area contributed by atoms with Gasteiger partial charge in [0.1, 0.15) is 6.23 Å². The molecule has 0 saturated heterocycles. The van der Waals surface area contributed by atoms with Crippen molar-refractivity contribution in [3.63, 3.8) is 0 Å². The van der Waals surface area contributed by atoms with Crippen molar-refractivity contribution in [3.05, 3.63) is 0 Å². The topological polar surface area (TPSA) is 35.2 Å². The maximum absolute atomic E-state index is 5.63. The van der Waals surface area contributed by atoms with E-state index in [0.29, 0.717) is 6.10 Å². The van der Waals surface area contributed by atoms with Crippen LogP contribution < -0.4 is 5.73 Å². The number of unbranched alkanes of at least 4 members (excludes halogenated alkanes) is 2. The van der Waals surface area contributed by atoms with E-state index in [4.69, 9.17) is 10.5 Å². The van der Waals surface area contributed by atoms with Gasteiger partial charge in [0.05, 0.1) is 6.10 Å². The molecule has 0 amide bonds. The minimum absolute atomic E-state index is 0.112. The first kappa shape index (κ1) is 12.9. The molecule has 0 aliphatic heterocycles. The zero-order valence-electron chi connectivity index (χ0n) is 9.38. The molecule has 0 aromatic heterocycles. The first-order valence-electron chi connectivity index (χ1n) is 5.61. The lowest BCUT2D eigenvalue weighted by molar-refractivity contribution is -0.00952. The lowest BCUT2D eigenvalue weighted by Crippen LogP contribution is -2.26. The zero-order chi connectivity index (χ0) is 10.1. The van der Waals surface area contributed by atoms with E-state index in [1.165, 1.54) is 25.7 Å². The summed E-state index contributed by atoms with van der Waals surface area (Å²) in [7, 11) is 0. The van der Waals surface area contributed by atoms with Crippen LogP contribution in [0.5, 0.6) is 0 Å². The lowest BCUT2D eigenvalue weighted by Gasteiger charge is -2.19. The van der Waals surface area contributed by atoms with Crippen molar-refractivity contribution < 1.29 is 4.74 Å². The summed E-state index contributed by atoms with van der Waals surface area (Å²) in [5, 5.41) is 0. The molecule has 1 unspecified atom stereocenters. The van der Waals surface area contributed by atoms with Gasteiger partial charge in [-0.2, -0.15) is 0 Å². The molecular weight excluding hydrogens is 162 g/mol. The summed E-state index contributed by atoms with van der Waals surface area (Å²) in [6.07, 6.45) is 7.59. The highest BCUT2D eigenvalue weighted by atomic mass is 16.5. The molecule has 0 rings (SSSR count). The van der Waals surface area contributed by atoms with Gasteiger partial charge in [0, 0.05) is 0 Å². The van der Waals surface area contributed by atoms with Gasteiger partial charge in [-0.25, -0.2) is 0 Å². The summed E-state index contributed by atoms with van der Waals surface area (Å²) in [5.41, 5.74) is 5.61. The van der Waals surface area contributed by atoms with E-state index in [1.807, 2.05) is 6.92 Å². The third-order valence-electron chi connectivity index (χ3n) is 2.17. The second-order valence-corrected chi connectivity index (χ2v) is 3.75. The Hall–Kier alpha value is -0.0800. The molecule has 1 atom stereocenters. The fourth-order valence-corrected chi connectivity index (χ4v) is 1.45. The third-order valence-corrected chi connectivity index (χ3v) is 2.17. The van der Waals surface area contributed by atoms with Crippen molar-refractivity contribution in [1.82, 2.24) is 0 Å². The molecule has 0 fully saturated rings. The smallest absolute Gasteiger partial charge is 0.103 e. The Morgan fingerprint density at radius 1 is 1.08 bits per heavy atom. The molecule has 80 valence electrons. The Morgan fingerprint density at radius 2 is 1.54 bits per heavy atom. The molecule has 2 heteroatoms. The number of nitrogens with two attached hydrogens (primary N) is 1. The molecule has 2 N–H and O–H groups in total. The van der Waals surface area contributed by atoms with Gasteiger partial charge in [-0.05, 0) is 19.8 Å². The van der Waals surface area contributed by atoms with Crippen molar-refractivity contribution >= 4 is 0 Å². The van der Waals surface area contributed by atoms with Gasteiger partial charge in [-0.3, -0.25) is 0 Å². The predicted molar refractivity (Wildman–Crippen MR) is 57.6 cm³/mol. The van der Waals surface area contributed by atoms with Crippen LogP contribution in [-0.4, -0.2) is 12.3 Å². The standard InChI is InChI=1S/C11H25NO/c1-4-6-8-11(9-7-5-2)13-10(3)12/h10-11H,4-9,12H2,1-3H3. The molecule has 0 aromatic rings. The number of ether oxygens (including phenoxy) is 1. The predicted octanol–water partition coefficient (Wildman–Crippen LogP) is 3.06. The molecule has 0 saturated carbocycles. The summed E-state index contributed by atoms with van der Waals surface area (Å²) in [6, 6.07) is 0. The maximum Gasteiger partial charge on any atom is 0.103 e. The summed E-state index contributed by atoms with van der Waals surface area (Å²) < 4.78 is 5.63. The highest BCUT2D eigenvalue weighted by Gasteiger charge is 2.09. The van der Waals surface area contributed by atoms with Gasteiger partial charge in [0.2, 0.25) is 0 Å². The quantitative estimate of drug-likeness (QED) is 0.593. The van der Waals surface area contributed by atoms with Crippen molar-refractivity contribution in [2.45, 2.75) is 71.6 Å². The van der Waals surface area contributed by atoms with E-state index >= 15 is 0 Å². The van der Waals surface area contributed by atoms with Crippen LogP contribution in [0.15, 0.2) is 0 Å². The molecule has 0 aromatic carbocycles. The van der Waals surface area contributed by atoms with Gasteiger partial charge in [0.15, 0.2) is 0 Å². The van der Waals surface area contributed by atoms with Crippen molar-refractivity contribution in [1.29, 1.82) is 0 Å². The maximum atomic E-state index is 5.63. The SMILES string of the molecule is CCCCC(CCCC)OC(C)N. The molecule has 0 heterocycles. The van der Waals surface area contributed by atoms with E-state index < -0.39 is 0 Å². The first-order chi connectivity index (χ1) is 6.20. The molecular formula is C11H25NO. The van der Waals surface area contributed by atoms with Crippen LogP contribution in [0.25, 0.3) is 0 Å². The Balaban J connectivity index is 3.60. The summed E-state index contributed by atoms with van der Waals surface area (Å²) in [5.74, 6) is 0. The van der Waals surface area contributed by atoms with Crippen molar-refractivity contribution in [3.8, 4) is 0 Å². The molecule has 13 heavy (non-hydrogen) atoms. The Bertz CT molecular complexity index is 96.3. The van der Waals surface area contributed by atoms with Crippen LogP contribution >= 0.6 is 0 Å². The molecule has 0 bridgehead atoms. The van der Waals surface area contributed by atoms with Gasteiger partial charge < -0.3 is 10.5 Å². The third kappa shape index (κ3) is 8.26. The van der Waals surface area contributed by atoms with E-state index in [1.54, 1.807) is 0 Å². The summed E-state index contributed by atoms with van der Waals surface area (Å²) in [6.45, 7) is 6.33. The second kappa shape index (κ2) is 8.52. The van der Waals surface area contributed by atoms with E-state index in [2.05, 4.69) is 13.8 Å². The second-order valence-electron chi connectivity index (χ2n) is 3.75. The van der Waals surface area contributed by atoms with Crippen LogP contribution in [0.1, 0.15) is 59.3 Å². The van der Waals surface area contributed by atoms with Gasteiger partial charge >= 0.3 is 0 Å². The normalized spacial score (nSPS) is 13.6. The van der Waals surface area contributed by atoms with Crippen molar-refractivity contribution in [2.75, 3.05) is 0 Å². The summed E-state index contributed by atoms with van der Waals surface area (Å²) in [4.78, 5) is 0. The molecule has 0 aliphatic carbocycles. The van der Waals surface area contributed by atoms with E-state index in [9.17, 15) is 0 Å². The van der Waals surface area contributed by atoms with Crippen LogP contribution in [0.4, 0.5) is 0 Å². The van der Waals surface area contributed by atoms with Crippen LogP contribution in [0, 0.1) is 0 Å². The van der Waals surface area contributed by atoms with Crippen LogP contribution in [0.3, 0.4) is 0 Å². The van der Waals surface area contributed by atoms with Crippen molar-refractivity contribution in [2.24, 2.45) is 5.73 Å². The molecule has 0 aliphatic rings. The monoisotopic (exact) mass is 187 g/mol. The molecule has 2 nitrogen and oxygen atoms in total. The first-order valence-corrected chi connectivity index (χ1v) is 5.61. The van der Waals surface area contributed by atoms with Gasteiger partial charge in [-0.1, -0.05) is 39.5 Å². The van der Waals surface area contributed by atoms with Gasteiger partial charge in [-0.15, -0.1) is 0 Å². The van der Waals surface area contributed by atoms with E-state index in [-0.39, 0.29) is 6.23 Å². The van der Waals surface area contributed by atoms with Crippen LogP contribution in [0.2, 0.25) is 0 Å². The van der Waals surface area contributed by atoms with Crippen LogP contribution in [-0.2, 0) is 4.74 Å². The van der Waals surface area contributed by atoms with Gasteiger partial charge in [0.25, 0.3) is 0 Å². The highest BCUT2D eigenvalue weighted by molar-refractivity contribution is 4.59. The van der Waals surface area contributed by atoms with E-state index in [0.717, 1.165) is 12.8 Å². The lowest BCUT2D eigenvalue weighted by atomic mass is 10.1. The number of hydrogen-bond acceptors (Lipinski definition) is 2. The fourth-order valence-electron chi connectivity index (χ4n) is 1.45. The fraction of sp³-hybridized carbons (Fsp3) is 1.00. The zero-order valence-corrected chi connectivity index (χ0v) is 9.38. The molecule has 0 radical (unpaired) electrons. The Labute approximate surface area is 82.8 Å². The minimum atomic E-state index is -0.112. The number of hydrogen-bond donors (Lipinski definition) is 1. The minimum Gasteiger partial charge on any atom is -0.361 e. The average molecular weight is 187 g/mol.